The zero-order chi connectivity index (χ0) is 34.2. The largest absolute Gasteiger partial charge is 0.417 e. The Balaban J connectivity index is 1.84. The number of nitrogens with zero attached hydrogens (tertiary/aromatic N) is 2. The summed E-state index contributed by atoms with van der Waals surface area (Å²) in [4.78, 5) is 29.1. The maximum atomic E-state index is 14.4. The predicted octanol–water partition coefficient (Wildman–Crippen LogP) is 7.37. The van der Waals surface area contributed by atoms with Gasteiger partial charge in [0.2, 0.25) is 11.8 Å². The van der Waals surface area contributed by atoms with Crippen LogP contribution in [0.2, 0.25) is 10.0 Å². The van der Waals surface area contributed by atoms with Gasteiger partial charge in [-0.05, 0) is 60.0 Å². The number of rotatable bonds is 13. The van der Waals surface area contributed by atoms with Gasteiger partial charge >= 0.3 is 6.18 Å². The molecule has 0 heterocycles. The molecule has 0 radical (unpaired) electrons. The lowest BCUT2D eigenvalue weighted by atomic mass is 10.0. The second kappa shape index (κ2) is 15.7. The quantitative estimate of drug-likeness (QED) is 0.157. The summed E-state index contributed by atoms with van der Waals surface area (Å²) in [5.74, 6) is -1.29. The average molecular weight is 707 g/mol. The third-order valence-electron chi connectivity index (χ3n) is 7.24. The molecular formula is C34H32Cl2F3N3O4S. The van der Waals surface area contributed by atoms with Gasteiger partial charge in [0, 0.05) is 24.5 Å². The number of alkyl halides is 3. The summed E-state index contributed by atoms with van der Waals surface area (Å²) in [6, 6.07) is 24.1. The number of hydrogen-bond donors (Lipinski definition) is 1. The average Bonchev–Trinajstić information content (AvgIpc) is 3.05. The lowest BCUT2D eigenvalue weighted by Gasteiger charge is -2.34. The molecule has 13 heteroatoms. The molecule has 47 heavy (non-hydrogen) atoms. The summed E-state index contributed by atoms with van der Waals surface area (Å²) in [5, 5.41) is 2.64. The summed E-state index contributed by atoms with van der Waals surface area (Å²) in [5.41, 5.74) is -0.372. The summed E-state index contributed by atoms with van der Waals surface area (Å²) < 4.78 is 70.3. The van der Waals surface area contributed by atoms with E-state index in [-0.39, 0.29) is 17.9 Å². The minimum absolute atomic E-state index is 0.0837. The number of nitrogens with one attached hydrogen (secondary N) is 1. The lowest BCUT2D eigenvalue weighted by Crippen LogP contribution is -2.53. The predicted molar refractivity (Wildman–Crippen MR) is 177 cm³/mol. The number of halogens is 5. The Kier molecular flexibility index (Phi) is 11.9. The van der Waals surface area contributed by atoms with Crippen LogP contribution in [-0.4, -0.2) is 44.3 Å². The molecule has 1 N–H and O–H groups in total. The van der Waals surface area contributed by atoms with Crippen LogP contribution < -0.4 is 9.62 Å². The molecule has 0 saturated heterocycles. The van der Waals surface area contributed by atoms with Crippen molar-refractivity contribution in [1.29, 1.82) is 0 Å². The number of benzene rings is 4. The Morgan fingerprint density at radius 3 is 2.06 bits per heavy atom. The number of carbonyl (C=O) groups is 2. The summed E-state index contributed by atoms with van der Waals surface area (Å²) in [6.07, 6.45) is -4.20. The fraction of sp³-hybridized carbons (Fsp3) is 0.235. The van der Waals surface area contributed by atoms with Crippen LogP contribution in [0.25, 0.3) is 0 Å². The Morgan fingerprint density at radius 1 is 0.851 bits per heavy atom. The molecule has 7 nitrogen and oxygen atoms in total. The molecule has 4 aromatic carbocycles. The van der Waals surface area contributed by atoms with Crippen LogP contribution in [0.5, 0.6) is 0 Å². The molecule has 0 aliphatic carbocycles. The van der Waals surface area contributed by atoms with Gasteiger partial charge in [-0.3, -0.25) is 13.9 Å². The number of hydrogen-bond acceptors (Lipinski definition) is 4. The van der Waals surface area contributed by atoms with E-state index < -0.39 is 56.9 Å². The standard InChI is InChI=1S/C34H32Cl2F3N3O4S/c1-2-19-40-33(44)31(20-24-9-5-3-6-10-24)41(22-25-13-15-26(35)16-14-25)32(43)23-42(47(45,46)28-11-7-4-8-12-28)27-17-18-30(36)29(21-27)34(37,38)39/h3-18,21,31H,2,19-20,22-23H2,1H3,(H,40,44). The van der Waals surface area contributed by atoms with E-state index in [9.17, 15) is 31.2 Å². The van der Waals surface area contributed by atoms with E-state index in [0.717, 1.165) is 17.7 Å². The fourth-order valence-electron chi connectivity index (χ4n) is 4.84. The van der Waals surface area contributed by atoms with Crippen molar-refractivity contribution < 1.29 is 31.2 Å². The third kappa shape index (κ3) is 9.27. The van der Waals surface area contributed by atoms with Crippen LogP contribution in [0.4, 0.5) is 18.9 Å². The summed E-state index contributed by atoms with van der Waals surface area (Å²) in [6.45, 7) is 1.15. The molecule has 0 aliphatic heterocycles. The zero-order valence-corrected chi connectivity index (χ0v) is 27.6. The van der Waals surface area contributed by atoms with Crippen molar-refractivity contribution in [3.63, 3.8) is 0 Å². The molecule has 0 bridgehead atoms. The first-order valence-corrected chi connectivity index (χ1v) is 16.8. The van der Waals surface area contributed by atoms with Crippen molar-refractivity contribution >= 4 is 50.7 Å². The zero-order valence-electron chi connectivity index (χ0n) is 25.3. The van der Waals surface area contributed by atoms with E-state index in [0.29, 0.717) is 33.9 Å². The lowest BCUT2D eigenvalue weighted by molar-refractivity contribution is -0.140. The van der Waals surface area contributed by atoms with E-state index in [1.54, 1.807) is 60.7 Å². The highest BCUT2D eigenvalue weighted by molar-refractivity contribution is 7.92. The number of anilines is 1. The van der Waals surface area contributed by atoms with Crippen LogP contribution in [0, 0.1) is 0 Å². The Hall–Kier alpha value is -4.06. The molecule has 0 spiro atoms. The van der Waals surface area contributed by atoms with Crippen molar-refractivity contribution in [1.82, 2.24) is 10.2 Å². The van der Waals surface area contributed by atoms with E-state index in [4.69, 9.17) is 23.2 Å². The molecule has 0 aromatic heterocycles. The van der Waals surface area contributed by atoms with E-state index in [2.05, 4.69) is 5.32 Å². The van der Waals surface area contributed by atoms with Gasteiger partial charge in [-0.2, -0.15) is 13.2 Å². The van der Waals surface area contributed by atoms with Crippen molar-refractivity contribution in [3.8, 4) is 0 Å². The number of amides is 2. The van der Waals surface area contributed by atoms with Crippen molar-refractivity contribution in [2.75, 3.05) is 17.4 Å². The smallest absolute Gasteiger partial charge is 0.354 e. The van der Waals surface area contributed by atoms with Crippen LogP contribution >= 0.6 is 23.2 Å². The highest BCUT2D eigenvalue weighted by Gasteiger charge is 2.37. The molecule has 1 atom stereocenters. The first-order chi connectivity index (χ1) is 22.3. The summed E-state index contributed by atoms with van der Waals surface area (Å²) in [7, 11) is -4.60. The van der Waals surface area contributed by atoms with Crippen molar-refractivity contribution in [2.45, 2.75) is 43.4 Å². The Bertz CT molecular complexity index is 1780. The van der Waals surface area contributed by atoms with Gasteiger partial charge in [-0.15, -0.1) is 0 Å². The van der Waals surface area contributed by atoms with Gasteiger partial charge in [0.15, 0.2) is 0 Å². The van der Waals surface area contributed by atoms with Crippen LogP contribution in [0.3, 0.4) is 0 Å². The minimum Gasteiger partial charge on any atom is -0.354 e. The topological polar surface area (TPSA) is 86.8 Å². The highest BCUT2D eigenvalue weighted by atomic mass is 35.5. The van der Waals surface area contributed by atoms with Gasteiger partial charge < -0.3 is 10.2 Å². The highest BCUT2D eigenvalue weighted by Crippen LogP contribution is 2.38. The molecule has 0 fully saturated rings. The maximum Gasteiger partial charge on any atom is 0.417 e. The van der Waals surface area contributed by atoms with Crippen LogP contribution in [0.1, 0.15) is 30.0 Å². The van der Waals surface area contributed by atoms with E-state index >= 15 is 0 Å². The summed E-state index contributed by atoms with van der Waals surface area (Å²) >= 11 is 11.9. The fourth-order valence-corrected chi connectivity index (χ4v) is 6.62. The monoisotopic (exact) mass is 705 g/mol. The Morgan fingerprint density at radius 2 is 1.47 bits per heavy atom. The molecule has 248 valence electrons. The molecule has 4 aromatic rings. The van der Waals surface area contributed by atoms with Gasteiger partial charge in [0.05, 0.1) is 21.2 Å². The van der Waals surface area contributed by atoms with Gasteiger partial charge in [-0.1, -0.05) is 90.8 Å². The minimum atomic E-state index is -4.90. The van der Waals surface area contributed by atoms with Crippen LogP contribution in [0.15, 0.2) is 108 Å². The van der Waals surface area contributed by atoms with Crippen LogP contribution in [-0.2, 0) is 38.8 Å². The first kappa shape index (κ1) is 35.8. The molecule has 0 aliphatic rings. The van der Waals surface area contributed by atoms with Crippen molar-refractivity contribution in [3.05, 3.63) is 130 Å². The van der Waals surface area contributed by atoms with E-state index in [1.807, 2.05) is 6.92 Å². The second-order valence-corrected chi connectivity index (χ2v) is 13.3. The van der Waals surface area contributed by atoms with Gasteiger partial charge in [0.25, 0.3) is 10.0 Å². The molecule has 2 amide bonds. The Labute approximate surface area is 282 Å². The SMILES string of the molecule is CCCNC(=O)C(Cc1ccccc1)N(Cc1ccc(Cl)cc1)C(=O)CN(c1ccc(Cl)c(C(F)(F)F)c1)S(=O)(=O)c1ccccc1. The van der Waals surface area contributed by atoms with E-state index in [1.165, 1.54) is 29.2 Å². The number of carbonyl (C=O) groups excluding carboxylic acids is 2. The second-order valence-electron chi connectivity index (χ2n) is 10.6. The third-order valence-corrected chi connectivity index (χ3v) is 9.61. The molecule has 1 unspecified atom stereocenters. The molecule has 4 rings (SSSR count). The van der Waals surface area contributed by atoms with Crippen molar-refractivity contribution in [2.24, 2.45) is 0 Å². The van der Waals surface area contributed by atoms with Gasteiger partial charge in [-0.25, -0.2) is 8.42 Å². The number of sulfonamides is 1. The normalized spacial score (nSPS) is 12.3. The molecular weight excluding hydrogens is 674 g/mol. The van der Waals surface area contributed by atoms with Gasteiger partial charge in [0.1, 0.15) is 12.6 Å². The maximum absolute atomic E-state index is 14.4. The molecule has 0 saturated carbocycles. The first-order valence-electron chi connectivity index (χ1n) is 14.6.